The lowest BCUT2D eigenvalue weighted by molar-refractivity contribution is -0.145. The summed E-state index contributed by atoms with van der Waals surface area (Å²) >= 11 is 0. The normalized spacial score (nSPS) is 17.7. The Morgan fingerprint density at radius 1 is 1.36 bits per heavy atom. The molecule has 11 heavy (non-hydrogen) atoms. The van der Waals surface area contributed by atoms with Crippen molar-refractivity contribution in [2.75, 3.05) is 13.2 Å². The van der Waals surface area contributed by atoms with E-state index in [1.807, 2.05) is 0 Å². The Morgan fingerprint density at radius 3 is 2.64 bits per heavy atom. The Morgan fingerprint density at radius 2 is 2.09 bits per heavy atom. The monoisotopic (exact) mass is 160 g/mol. The quantitative estimate of drug-likeness (QED) is 0.381. The molecular formula is C7H16N2O2. The first-order chi connectivity index (χ1) is 5.34. The highest BCUT2D eigenvalue weighted by Gasteiger charge is 2.27. The van der Waals surface area contributed by atoms with Crippen molar-refractivity contribution in [2.45, 2.75) is 31.7 Å². The summed E-state index contributed by atoms with van der Waals surface area (Å²) in [6.45, 7) is 0.976. The van der Waals surface area contributed by atoms with Crippen LogP contribution in [0.5, 0.6) is 0 Å². The van der Waals surface area contributed by atoms with Crippen molar-refractivity contribution in [1.82, 2.24) is 10.6 Å². The second-order valence-electron chi connectivity index (χ2n) is 2.91. The molecule has 0 saturated heterocycles. The number of hydrogen-bond acceptors (Lipinski definition) is 4. The molecule has 0 radical (unpaired) electrons. The molecule has 0 aromatic heterocycles. The molecule has 0 aliphatic heterocycles. The summed E-state index contributed by atoms with van der Waals surface area (Å²) in [5.41, 5.74) is 2.86. The highest BCUT2D eigenvalue weighted by Crippen LogP contribution is 2.23. The molecule has 0 heterocycles. The summed E-state index contributed by atoms with van der Waals surface area (Å²) in [7, 11) is 0. The topological polar surface area (TPSA) is 55.7 Å². The van der Waals surface area contributed by atoms with Crippen molar-refractivity contribution in [1.29, 1.82) is 0 Å². The van der Waals surface area contributed by atoms with Gasteiger partial charge in [-0.25, -0.2) is 5.43 Å². The van der Waals surface area contributed by atoms with Gasteiger partial charge in [0.15, 0.2) is 0 Å². The number of rotatable bonds is 6. The van der Waals surface area contributed by atoms with E-state index in [0.717, 1.165) is 32.2 Å². The molecule has 0 unspecified atom stereocenters. The van der Waals surface area contributed by atoms with Crippen LogP contribution in [0.25, 0.3) is 0 Å². The van der Waals surface area contributed by atoms with Crippen LogP contribution in [0.15, 0.2) is 0 Å². The van der Waals surface area contributed by atoms with E-state index >= 15 is 0 Å². The summed E-state index contributed by atoms with van der Waals surface area (Å²) in [4.78, 5) is 0. The van der Waals surface area contributed by atoms with Crippen LogP contribution in [-0.4, -0.2) is 34.7 Å². The molecule has 4 heteroatoms. The van der Waals surface area contributed by atoms with E-state index in [9.17, 15) is 0 Å². The van der Waals surface area contributed by atoms with Gasteiger partial charge >= 0.3 is 0 Å². The van der Waals surface area contributed by atoms with Crippen molar-refractivity contribution in [3.05, 3.63) is 0 Å². The first kappa shape index (κ1) is 8.93. The Hall–Kier alpha value is -0.160. The summed E-state index contributed by atoms with van der Waals surface area (Å²) in [6.07, 6.45) is 3.87. The fraction of sp³-hybridized carbons (Fsp3) is 1.00. The van der Waals surface area contributed by atoms with Crippen molar-refractivity contribution < 1.29 is 10.3 Å². The molecule has 1 rings (SSSR count). The molecule has 0 aromatic rings. The largest absolute Gasteiger partial charge is 0.396 e. The Kier molecular flexibility index (Phi) is 3.79. The van der Waals surface area contributed by atoms with E-state index in [2.05, 4.69) is 5.43 Å². The summed E-state index contributed by atoms with van der Waals surface area (Å²) in [5.74, 6) is 0. The van der Waals surface area contributed by atoms with E-state index in [1.165, 1.54) is 5.17 Å². The minimum Gasteiger partial charge on any atom is -0.396 e. The molecule has 0 atom stereocenters. The predicted octanol–water partition coefficient (Wildman–Crippen LogP) is 0.117. The van der Waals surface area contributed by atoms with E-state index in [0.29, 0.717) is 6.04 Å². The molecule has 1 fully saturated rings. The zero-order chi connectivity index (χ0) is 8.10. The molecule has 0 bridgehead atoms. The van der Waals surface area contributed by atoms with Crippen LogP contribution in [0, 0.1) is 0 Å². The van der Waals surface area contributed by atoms with Crippen molar-refractivity contribution in [3.63, 3.8) is 0 Å². The van der Waals surface area contributed by atoms with Gasteiger partial charge in [-0.3, -0.25) is 5.21 Å². The van der Waals surface area contributed by atoms with Gasteiger partial charge < -0.3 is 5.11 Å². The third-order valence-electron chi connectivity index (χ3n) is 1.75. The van der Waals surface area contributed by atoms with Crippen LogP contribution in [0.4, 0.5) is 0 Å². The Labute approximate surface area is 66.7 Å². The maximum atomic E-state index is 9.15. The van der Waals surface area contributed by atoms with Gasteiger partial charge in [-0.2, -0.15) is 0 Å². The van der Waals surface area contributed by atoms with E-state index in [-0.39, 0.29) is 6.61 Å². The van der Waals surface area contributed by atoms with Crippen LogP contribution in [0.1, 0.15) is 25.7 Å². The Balaban J connectivity index is 1.85. The smallest absolute Gasteiger partial charge is 0.0511 e. The van der Waals surface area contributed by atoms with Crippen LogP contribution < -0.4 is 5.43 Å². The van der Waals surface area contributed by atoms with Crippen LogP contribution in [0.3, 0.4) is 0 Å². The predicted molar refractivity (Wildman–Crippen MR) is 41.0 cm³/mol. The lowest BCUT2D eigenvalue weighted by Gasteiger charge is -2.14. The molecule has 1 aliphatic rings. The van der Waals surface area contributed by atoms with Gasteiger partial charge in [-0.1, -0.05) is 0 Å². The van der Waals surface area contributed by atoms with E-state index in [1.54, 1.807) is 0 Å². The van der Waals surface area contributed by atoms with Gasteiger partial charge in [-0.15, -0.1) is 5.17 Å². The first-order valence-corrected chi connectivity index (χ1v) is 4.17. The number of nitrogens with zero attached hydrogens (tertiary/aromatic N) is 1. The lowest BCUT2D eigenvalue weighted by atomic mass is 10.3. The van der Waals surface area contributed by atoms with Gasteiger partial charge in [-0.05, 0) is 25.7 Å². The van der Waals surface area contributed by atoms with Gasteiger partial charge in [0.2, 0.25) is 0 Å². The number of aliphatic hydroxyl groups is 1. The summed E-state index contributed by atoms with van der Waals surface area (Å²) < 4.78 is 0. The molecule has 0 spiro atoms. The molecular weight excluding hydrogens is 144 g/mol. The third-order valence-corrected chi connectivity index (χ3v) is 1.75. The molecule has 0 amide bonds. The molecule has 4 nitrogen and oxygen atoms in total. The van der Waals surface area contributed by atoms with Crippen molar-refractivity contribution in [3.8, 4) is 0 Å². The SMILES string of the molecule is OCCCCNN(O)C1CC1. The summed E-state index contributed by atoms with van der Waals surface area (Å²) in [6, 6.07) is 0.337. The second-order valence-corrected chi connectivity index (χ2v) is 2.91. The number of hydroxylamine groups is 1. The fourth-order valence-electron chi connectivity index (χ4n) is 0.879. The number of nitrogens with one attached hydrogen (secondary N) is 1. The maximum Gasteiger partial charge on any atom is 0.0511 e. The molecule has 66 valence electrons. The first-order valence-electron chi connectivity index (χ1n) is 4.17. The van der Waals surface area contributed by atoms with Crippen LogP contribution >= 0.6 is 0 Å². The number of unbranched alkanes of at least 4 members (excludes halogenated alkanes) is 1. The van der Waals surface area contributed by atoms with Gasteiger partial charge in [0.1, 0.15) is 0 Å². The third kappa shape index (κ3) is 3.67. The molecule has 0 aromatic carbocycles. The highest BCUT2D eigenvalue weighted by molar-refractivity contribution is 4.77. The second kappa shape index (κ2) is 4.66. The molecule has 1 saturated carbocycles. The highest BCUT2D eigenvalue weighted by atomic mass is 16.5. The summed E-state index contributed by atoms with van der Waals surface area (Å²) in [5, 5.41) is 18.8. The lowest BCUT2D eigenvalue weighted by Crippen LogP contribution is -2.37. The zero-order valence-corrected chi connectivity index (χ0v) is 6.66. The Bertz CT molecular complexity index is 107. The molecule has 1 aliphatic carbocycles. The number of hydrazine groups is 1. The van der Waals surface area contributed by atoms with Crippen molar-refractivity contribution >= 4 is 0 Å². The average molecular weight is 160 g/mol. The minimum absolute atomic E-state index is 0.233. The standard InChI is InChI=1S/C7H16N2O2/c10-6-2-1-5-8-9(11)7-3-4-7/h7-8,10-11H,1-6H2. The zero-order valence-electron chi connectivity index (χ0n) is 6.66. The maximum absolute atomic E-state index is 9.15. The number of hydrogen-bond donors (Lipinski definition) is 3. The molecule has 3 N–H and O–H groups in total. The minimum atomic E-state index is 0.233. The van der Waals surface area contributed by atoms with Crippen LogP contribution in [0.2, 0.25) is 0 Å². The van der Waals surface area contributed by atoms with Gasteiger partial charge in [0.05, 0.1) is 6.04 Å². The van der Waals surface area contributed by atoms with E-state index < -0.39 is 0 Å². The number of aliphatic hydroxyl groups excluding tert-OH is 1. The van der Waals surface area contributed by atoms with Gasteiger partial charge in [0.25, 0.3) is 0 Å². The van der Waals surface area contributed by atoms with E-state index in [4.69, 9.17) is 10.3 Å². The van der Waals surface area contributed by atoms with Gasteiger partial charge in [0, 0.05) is 13.2 Å². The fourth-order valence-corrected chi connectivity index (χ4v) is 0.879. The average Bonchev–Trinajstić information content (AvgIpc) is 2.79. The van der Waals surface area contributed by atoms with Crippen molar-refractivity contribution in [2.24, 2.45) is 0 Å². The van der Waals surface area contributed by atoms with Crippen LogP contribution in [-0.2, 0) is 0 Å².